The summed E-state index contributed by atoms with van der Waals surface area (Å²) in [6.45, 7) is 2.08. The summed E-state index contributed by atoms with van der Waals surface area (Å²) >= 11 is 0. The van der Waals surface area contributed by atoms with E-state index in [-0.39, 0.29) is 11.6 Å². The standard InChI is InChI=1S/C6H14N2/c1-2-5(7)6(8)3-4-6/h5H,2-4,7-8H2,1H3/t5-/m0/s1. The van der Waals surface area contributed by atoms with Crippen LogP contribution in [0.1, 0.15) is 26.2 Å². The van der Waals surface area contributed by atoms with Gasteiger partial charge in [0, 0.05) is 11.6 Å². The lowest BCUT2D eigenvalue weighted by molar-refractivity contribution is 0.500. The molecule has 0 radical (unpaired) electrons. The Morgan fingerprint density at radius 2 is 2.12 bits per heavy atom. The summed E-state index contributed by atoms with van der Waals surface area (Å²) in [6, 6.07) is 0.238. The minimum atomic E-state index is 0.0365. The summed E-state index contributed by atoms with van der Waals surface area (Å²) in [5, 5.41) is 0. The van der Waals surface area contributed by atoms with Crippen molar-refractivity contribution in [2.24, 2.45) is 11.5 Å². The van der Waals surface area contributed by atoms with E-state index in [0.29, 0.717) is 0 Å². The molecule has 0 heterocycles. The number of hydrogen-bond donors (Lipinski definition) is 2. The van der Waals surface area contributed by atoms with Crippen molar-refractivity contribution in [3.05, 3.63) is 0 Å². The molecule has 0 aromatic heterocycles. The van der Waals surface area contributed by atoms with Gasteiger partial charge in [0.2, 0.25) is 0 Å². The van der Waals surface area contributed by atoms with Crippen LogP contribution in [0.3, 0.4) is 0 Å². The fraction of sp³-hybridized carbons (Fsp3) is 1.00. The molecule has 0 amide bonds. The molecular formula is C6H14N2. The van der Waals surface area contributed by atoms with Gasteiger partial charge in [-0.1, -0.05) is 6.92 Å². The highest BCUT2D eigenvalue weighted by Gasteiger charge is 2.42. The SMILES string of the molecule is CC[C@H](N)C1(N)CC1. The first-order chi connectivity index (χ1) is 3.69. The average molecular weight is 114 g/mol. The fourth-order valence-corrected chi connectivity index (χ4v) is 0.922. The Bertz CT molecular complexity index is 86.5. The summed E-state index contributed by atoms with van der Waals surface area (Å²) in [4.78, 5) is 0. The van der Waals surface area contributed by atoms with E-state index < -0.39 is 0 Å². The predicted molar refractivity (Wildman–Crippen MR) is 34.4 cm³/mol. The van der Waals surface area contributed by atoms with E-state index in [1.165, 1.54) is 0 Å². The number of rotatable bonds is 2. The van der Waals surface area contributed by atoms with E-state index in [9.17, 15) is 0 Å². The van der Waals surface area contributed by atoms with Crippen LogP contribution in [0.5, 0.6) is 0 Å². The molecule has 8 heavy (non-hydrogen) atoms. The predicted octanol–water partition coefficient (Wildman–Crippen LogP) is 0.215. The average Bonchev–Trinajstić information content (AvgIpc) is 2.47. The quantitative estimate of drug-likeness (QED) is 0.539. The minimum absolute atomic E-state index is 0.0365. The molecule has 48 valence electrons. The van der Waals surface area contributed by atoms with Crippen LogP contribution in [-0.4, -0.2) is 11.6 Å². The zero-order valence-corrected chi connectivity index (χ0v) is 5.35. The van der Waals surface area contributed by atoms with Crippen LogP contribution in [0, 0.1) is 0 Å². The number of nitrogens with two attached hydrogens (primary N) is 2. The highest BCUT2D eigenvalue weighted by atomic mass is 14.9. The second-order valence-electron chi connectivity index (χ2n) is 2.75. The molecule has 1 rings (SSSR count). The lowest BCUT2D eigenvalue weighted by atomic mass is 10.1. The Morgan fingerprint density at radius 3 is 2.25 bits per heavy atom. The van der Waals surface area contributed by atoms with Gasteiger partial charge >= 0.3 is 0 Å². The molecule has 1 saturated carbocycles. The Hall–Kier alpha value is -0.0800. The van der Waals surface area contributed by atoms with E-state index in [1.54, 1.807) is 0 Å². The molecule has 0 aromatic rings. The van der Waals surface area contributed by atoms with Gasteiger partial charge in [-0.15, -0.1) is 0 Å². The van der Waals surface area contributed by atoms with E-state index in [4.69, 9.17) is 11.5 Å². The van der Waals surface area contributed by atoms with Crippen molar-refractivity contribution in [1.29, 1.82) is 0 Å². The van der Waals surface area contributed by atoms with Crippen LogP contribution in [0.2, 0.25) is 0 Å². The van der Waals surface area contributed by atoms with Crippen LogP contribution in [-0.2, 0) is 0 Å². The summed E-state index contributed by atoms with van der Waals surface area (Å²) < 4.78 is 0. The van der Waals surface area contributed by atoms with Crippen molar-refractivity contribution in [3.8, 4) is 0 Å². The van der Waals surface area contributed by atoms with Crippen molar-refractivity contribution in [2.45, 2.75) is 37.8 Å². The maximum absolute atomic E-state index is 5.78. The zero-order chi connectivity index (χ0) is 6.20. The molecule has 0 unspecified atom stereocenters. The summed E-state index contributed by atoms with van der Waals surface area (Å²) in [5.74, 6) is 0. The third-order valence-corrected chi connectivity index (χ3v) is 2.01. The van der Waals surface area contributed by atoms with Gasteiger partial charge in [0.1, 0.15) is 0 Å². The van der Waals surface area contributed by atoms with Crippen molar-refractivity contribution in [3.63, 3.8) is 0 Å². The Balaban J connectivity index is 2.34. The molecule has 0 saturated heterocycles. The highest BCUT2D eigenvalue weighted by molar-refractivity contribution is 5.05. The van der Waals surface area contributed by atoms with Crippen molar-refractivity contribution < 1.29 is 0 Å². The second kappa shape index (κ2) is 1.71. The molecule has 2 nitrogen and oxygen atoms in total. The lowest BCUT2D eigenvalue weighted by Crippen LogP contribution is -2.43. The molecule has 2 heteroatoms. The highest BCUT2D eigenvalue weighted by Crippen LogP contribution is 2.35. The van der Waals surface area contributed by atoms with Gasteiger partial charge in [-0.05, 0) is 19.3 Å². The summed E-state index contributed by atoms with van der Waals surface area (Å²) in [5.41, 5.74) is 11.5. The van der Waals surface area contributed by atoms with Crippen LogP contribution in [0.15, 0.2) is 0 Å². The van der Waals surface area contributed by atoms with Crippen molar-refractivity contribution >= 4 is 0 Å². The first kappa shape index (κ1) is 6.05. The summed E-state index contributed by atoms with van der Waals surface area (Å²) in [6.07, 6.45) is 3.26. The molecule has 0 aromatic carbocycles. The number of hydrogen-bond acceptors (Lipinski definition) is 2. The third-order valence-electron chi connectivity index (χ3n) is 2.01. The Morgan fingerprint density at radius 1 is 1.62 bits per heavy atom. The maximum atomic E-state index is 5.78. The van der Waals surface area contributed by atoms with Gasteiger partial charge in [-0.3, -0.25) is 0 Å². The largest absolute Gasteiger partial charge is 0.326 e. The normalized spacial score (nSPS) is 27.4. The molecule has 1 fully saturated rings. The Labute approximate surface area is 50.2 Å². The van der Waals surface area contributed by atoms with E-state index in [1.807, 2.05) is 0 Å². The van der Waals surface area contributed by atoms with Crippen LogP contribution < -0.4 is 11.5 Å². The van der Waals surface area contributed by atoms with Gasteiger partial charge in [0.25, 0.3) is 0 Å². The van der Waals surface area contributed by atoms with Gasteiger partial charge < -0.3 is 11.5 Å². The first-order valence-corrected chi connectivity index (χ1v) is 3.23. The van der Waals surface area contributed by atoms with E-state index >= 15 is 0 Å². The van der Waals surface area contributed by atoms with Crippen molar-refractivity contribution in [2.75, 3.05) is 0 Å². The molecule has 4 N–H and O–H groups in total. The molecule has 0 aliphatic heterocycles. The monoisotopic (exact) mass is 114 g/mol. The van der Waals surface area contributed by atoms with Crippen LogP contribution in [0.4, 0.5) is 0 Å². The molecule has 1 atom stereocenters. The van der Waals surface area contributed by atoms with Gasteiger partial charge in [-0.2, -0.15) is 0 Å². The molecule has 1 aliphatic carbocycles. The summed E-state index contributed by atoms with van der Waals surface area (Å²) in [7, 11) is 0. The topological polar surface area (TPSA) is 52.0 Å². The Kier molecular flexibility index (Phi) is 1.29. The minimum Gasteiger partial charge on any atom is -0.326 e. The van der Waals surface area contributed by atoms with Crippen molar-refractivity contribution in [1.82, 2.24) is 0 Å². The zero-order valence-electron chi connectivity index (χ0n) is 5.35. The molecular weight excluding hydrogens is 100 g/mol. The molecule has 1 aliphatic rings. The smallest absolute Gasteiger partial charge is 0.0309 e. The fourth-order valence-electron chi connectivity index (χ4n) is 0.922. The lowest BCUT2D eigenvalue weighted by Gasteiger charge is -2.15. The van der Waals surface area contributed by atoms with Gasteiger partial charge in [0.15, 0.2) is 0 Å². The van der Waals surface area contributed by atoms with E-state index in [0.717, 1.165) is 19.3 Å². The van der Waals surface area contributed by atoms with E-state index in [2.05, 4.69) is 6.92 Å². The third kappa shape index (κ3) is 0.858. The van der Waals surface area contributed by atoms with Crippen LogP contribution in [0.25, 0.3) is 0 Å². The van der Waals surface area contributed by atoms with Gasteiger partial charge in [-0.25, -0.2) is 0 Å². The second-order valence-corrected chi connectivity index (χ2v) is 2.75. The maximum Gasteiger partial charge on any atom is 0.0309 e. The first-order valence-electron chi connectivity index (χ1n) is 3.23. The van der Waals surface area contributed by atoms with Gasteiger partial charge in [0.05, 0.1) is 0 Å². The molecule has 0 bridgehead atoms. The molecule has 0 spiro atoms. The van der Waals surface area contributed by atoms with Crippen LogP contribution >= 0.6 is 0 Å².